The van der Waals surface area contributed by atoms with Gasteiger partial charge in [0, 0.05) is 18.9 Å². The Labute approximate surface area is 134 Å². The van der Waals surface area contributed by atoms with Crippen molar-refractivity contribution in [2.45, 2.75) is 11.0 Å². The van der Waals surface area contributed by atoms with E-state index in [9.17, 15) is 13.5 Å². The van der Waals surface area contributed by atoms with Gasteiger partial charge in [-0.3, -0.25) is 4.98 Å². The number of methoxy groups -OCH3 is 2. The molecule has 1 aromatic carbocycles. The average molecular weight is 338 g/mol. The van der Waals surface area contributed by atoms with Crippen molar-refractivity contribution in [3.63, 3.8) is 0 Å². The molecule has 0 amide bonds. The first-order valence-electron chi connectivity index (χ1n) is 6.77. The second kappa shape index (κ2) is 7.40. The van der Waals surface area contributed by atoms with Crippen LogP contribution in [0.25, 0.3) is 0 Å². The number of ether oxygens (including phenoxy) is 2. The Morgan fingerprint density at radius 3 is 2.57 bits per heavy atom. The first-order valence-corrected chi connectivity index (χ1v) is 8.26. The van der Waals surface area contributed by atoms with Gasteiger partial charge in [-0.2, -0.15) is 0 Å². The van der Waals surface area contributed by atoms with Crippen LogP contribution in [0.15, 0.2) is 47.6 Å². The van der Waals surface area contributed by atoms with Gasteiger partial charge in [0.25, 0.3) is 0 Å². The molecule has 1 atom stereocenters. The summed E-state index contributed by atoms with van der Waals surface area (Å²) in [6.07, 6.45) is 1.70. The largest absolute Gasteiger partial charge is 0.493 e. The lowest BCUT2D eigenvalue weighted by molar-refractivity contribution is 0.181. The Balaban J connectivity index is 2.09. The first kappa shape index (κ1) is 17.2. The maximum absolute atomic E-state index is 12.1. The molecular weight excluding hydrogens is 320 g/mol. The maximum atomic E-state index is 12.1. The number of nitrogens with zero attached hydrogens (tertiary/aromatic N) is 1. The van der Waals surface area contributed by atoms with E-state index in [0.29, 0.717) is 17.1 Å². The summed E-state index contributed by atoms with van der Waals surface area (Å²) < 4.78 is 36.8. The highest BCUT2D eigenvalue weighted by atomic mass is 32.2. The summed E-state index contributed by atoms with van der Waals surface area (Å²) in [6.45, 7) is -0.174. The van der Waals surface area contributed by atoms with E-state index in [0.717, 1.165) is 0 Å². The third-order valence-electron chi connectivity index (χ3n) is 3.20. The van der Waals surface area contributed by atoms with Crippen molar-refractivity contribution < 1.29 is 23.0 Å². The summed E-state index contributed by atoms with van der Waals surface area (Å²) in [5.41, 5.74) is 0.511. The quantitative estimate of drug-likeness (QED) is 0.785. The number of aliphatic hydroxyl groups excluding tert-OH is 1. The Morgan fingerprint density at radius 2 is 1.96 bits per heavy atom. The normalized spacial score (nSPS) is 12.7. The minimum atomic E-state index is -3.72. The molecule has 2 aromatic rings. The molecule has 0 bridgehead atoms. The van der Waals surface area contributed by atoms with Gasteiger partial charge in [-0.05, 0) is 29.8 Å². The number of sulfonamides is 1. The molecule has 8 heteroatoms. The first-order chi connectivity index (χ1) is 11.0. The second-order valence-corrected chi connectivity index (χ2v) is 6.44. The molecule has 1 heterocycles. The van der Waals surface area contributed by atoms with Gasteiger partial charge in [-0.25, -0.2) is 13.1 Å². The fourth-order valence-electron chi connectivity index (χ4n) is 1.96. The van der Waals surface area contributed by atoms with Crippen LogP contribution in [-0.2, 0) is 10.0 Å². The lowest BCUT2D eigenvalue weighted by Crippen LogP contribution is -2.28. The average Bonchev–Trinajstić information content (AvgIpc) is 2.59. The van der Waals surface area contributed by atoms with E-state index in [1.807, 2.05) is 0 Å². The predicted molar refractivity (Wildman–Crippen MR) is 83.9 cm³/mol. The van der Waals surface area contributed by atoms with Crippen molar-refractivity contribution in [1.82, 2.24) is 9.71 Å². The van der Waals surface area contributed by atoms with Crippen LogP contribution in [-0.4, -0.2) is 39.3 Å². The zero-order valence-electron chi connectivity index (χ0n) is 12.8. The van der Waals surface area contributed by atoms with Crippen molar-refractivity contribution in [3.8, 4) is 11.5 Å². The van der Waals surface area contributed by atoms with Crippen LogP contribution in [0.3, 0.4) is 0 Å². The molecule has 0 aliphatic rings. The Hall–Kier alpha value is -2.16. The van der Waals surface area contributed by atoms with Gasteiger partial charge in [0.05, 0.1) is 20.3 Å². The number of hydrogen-bond acceptors (Lipinski definition) is 6. The highest BCUT2D eigenvalue weighted by Crippen LogP contribution is 2.29. The fraction of sp³-hybridized carbons (Fsp3) is 0.267. The van der Waals surface area contributed by atoms with Crippen LogP contribution < -0.4 is 14.2 Å². The van der Waals surface area contributed by atoms with Crippen LogP contribution in [0.2, 0.25) is 0 Å². The number of aromatic nitrogens is 1. The molecule has 1 unspecified atom stereocenters. The maximum Gasteiger partial charge on any atom is 0.242 e. The highest BCUT2D eigenvalue weighted by Gasteiger charge is 2.17. The molecule has 124 valence electrons. The minimum Gasteiger partial charge on any atom is -0.493 e. The van der Waals surface area contributed by atoms with Gasteiger partial charge < -0.3 is 14.6 Å². The lowest BCUT2D eigenvalue weighted by atomic mass is 10.1. The summed E-state index contributed by atoms with van der Waals surface area (Å²) in [7, 11) is -0.725. The molecule has 0 spiro atoms. The second-order valence-electron chi connectivity index (χ2n) is 4.67. The SMILES string of the molecule is COc1ccc(C(O)CNS(=O)(=O)c2cccnc2)cc1OC. The highest BCUT2D eigenvalue weighted by molar-refractivity contribution is 7.89. The van der Waals surface area contributed by atoms with Gasteiger partial charge in [0.15, 0.2) is 11.5 Å². The predicted octanol–water partition coefficient (Wildman–Crippen LogP) is 1.11. The van der Waals surface area contributed by atoms with E-state index in [4.69, 9.17) is 9.47 Å². The van der Waals surface area contributed by atoms with Crippen LogP contribution >= 0.6 is 0 Å². The van der Waals surface area contributed by atoms with Gasteiger partial charge in [0.1, 0.15) is 4.90 Å². The summed E-state index contributed by atoms with van der Waals surface area (Å²) in [4.78, 5) is 3.81. The third kappa shape index (κ3) is 4.19. The number of nitrogens with one attached hydrogen (secondary N) is 1. The molecule has 7 nitrogen and oxygen atoms in total. The van der Waals surface area contributed by atoms with E-state index < -0.39 is 16.1 Å². The topological polar surface area (TPSA) is 97.8 Å². The monoisotopic (exact) mass is 338 g/mol. The van der Waals surface area contributed by atoms with E-state index in [1.165, 1.54) is 38.7 Å². The number of aliphatic hydroxyl groups is 1. The van der Waals surface area contributed by atoms with E-state index in [-0.39, 0.29) is 11.4 Å². The lowest BCUT2D eigenvalue weighted by Gasteiger charge is -2.15. The van der Waals surface area contributed by atoms with Gasteiger partial charge in [0.2, 0.25) is 10.0 Å². The van der Waals surface area contributed by atoms with E-state index in [2.05, 4.69) is 9.71 Å². The van der Waals surface area contributed by atoms with Crippen LogP contribution in [0.4, 0.5) is 0 Å². The molecule has 23 heavy (non-hydrogen) atoms. The Bertz CT molecular complexity index is 750. The molecule has 0 aliphatic heterocycles. The Kier molecular flexibility index (Phi) is 5.54. The van der Waals surface area contributed by atoms with Crippen molar-refractivity contribution in [2.24, 2.45) is 0 Å². The van der Waals surface area contributed by atoms with Crippen molar-refractivity contribution in [1.29, 1.82) is 0 Å². The summed E-state index contributed by atoms with van der Waals surface area (Å²) in [6, 6.07) is 7.84. The zero-order valence-corrected chi connectivity index (χ0v) is 13.6. The molecule has 0 fully saturated rings. The molecular formula is C15H18N2O5S. The van der Waals surface area contributed by atoms with Crippen LogP contribution in [0.5, 0.6) is 11.5 Å². The summed E-state index contributed by atoms with van der Waals surface area (Å²) in [5.74, 6) is 0.985. The molecule has 2 rings (SSSR count). The molecule has 1 aromatic heterocycles. The smallest absolute Gasteiger partial charge is 0.242 e. The number of rotatable bonds is 7. The molecule has 0 aliphatic carbocycles. The number of benzene rings is 1. The number of pyridine rings is 1. The van der Waals surface area contributed by atoms with Crippen LogP contribution in [0.1, 0.15) is 11.7 Å². The summed E-state index contributed by atoms with van der Waals surface area (Å²) >= 11 is 0. The molecule has 0 saturated carbocycles. The standard InChI is InChI=1S/C15H18N2O5S/c1-21-14-6-5-11(8-15(14)22-2)13(18)10-17-23(19,20)12-4-3-7-16-9-12/h3-9,13,17-18H,10H2,1-2H3. The van der Waals surface area contributed by atoms with Gasteiger partial charge in [-0.15, -0.1) is 0 Å². The van der Waals surface area contributed by atoms with Crippen molar-refractivity contribution in [3.05, 3.63) is 48.3 Å². The van der Waals surface area contributed by atoms with Gasteiger partial charge in [-0.1, -0.05) is 6.07 Å². The Morgan fingerprint density at radius 1 is 1.22 bits per heavy atom. The molecule has 2 N–H and O–H groups in total. The molecule has 0 saturated heterocycles. The van der Waals surface area contributed by atoms with Crippen LogP contribution in [0, 0.1) is 0 Å². The van der Waals surface area contributed by atoms with E-state index in [1.54, 1.807) is 18.2 Å². The van der Waals surface area contributed by atoms with Crippen molar-refractivity contribution >= 4 is 10.0 Å². The minimum absolute atomic E-state index is 0.0412. The summed E-state index contributed by atoms with van der Waals surface area (Å²) in [5, 5.41) is 10.2. The molecule has 0 radical (unpaired) electrons. The zero-order chi connectivity index (χ0) is 16.9. The van der Waals surface area contributed by atoms with Crippen molar-refractivity contribution in [2.75, 3.05) is 20.8 Å². The third-order valence-corrected chi connectivity index (χ3v) is 4.61. The van der Waals surface area contributed by atoms with Gasteiger partial charge >= 0.3 is 0 Å². The van der Waals surface area contributed by atoms with E-state index >= 15 is 0 Å². The fourth-order valence-corrected chi connectivity index (χ4v) is 2.96. The number of hydrogen-bond donors (Lipinski definition) is 2.